The number of guanidine groups is 1. The first-order valence-corrected chi connectivity index (χ1v) is 7.76. The van der Waals surface area contributed by atoms with Crippen LogP contribution in [-0.4, -0.2) is 23.5 Å². The summed E-state index contributed by atoms with van der Waals surface area (Å²) in [5, 5.41) is 3.77. The first-order chi connectivity index (χ1) is 8.79. The lowest BCUT2D eigenvalue weighted by Gasteiger charge is -2.27. The number of hydrogen-bond acceptors (Lipinski definition) is 2. The average Bonchev–Trinajstić information content (AvgIpc) is 2.40. The van der Waals surface area contributed by atoms with Gasteiger partial charge >= 0.3 is 0 Å². The summed E-state index contributed by atoms with van der Waals surface area (Å²) in [4.78, 5) is 4.65. The van der Waals surface area contributed by atoms with Gasteiger partial charge in [0.2, 0.25) is 0 Å². The van der Waals surface area contributed by atoms with Crippen LogP contribution in [0.2, 0.25) is 0 Å². The molecule has 0 heterocycles. The summed E-state index contributed by atoms with van der Waals surface area (Å²) in [6.07, 6.45) is 7.17. The molecule has 2 atom stereocenters. The Labute approximate surface area is 113 Å². The van der Waals surface area contributed by atoms with E-state index in [4.69, 9.17) is 5.73 Å². The van der Waals surface area contributed by atoms with E-state index in [2.05, 4.69) is 16.6 Å². The number of thioether (sulfide) groups is 1. The summed E-state index contributed by atoms with van der Waals surface area (Å²) in [6.45, 7) is 0. The second-order valence-corrected chi connectivity index (χ2v) is 5.71. The Kier molecular flexibility index (Phi) is 4.93. The van der Waals surface area contributed by atoms with Crippen molar-refractivity contribution in [3.63, 3.8) is 0 Å². The van der Waals surface area contributed by atoms with Gasteiger partial charge in [-0.25, -0.2) is 4.99 Å². The molecule has 1 fully saturated rings. The molecule has 3 N–H and O–H groups in total. The SMILES string of the molecule is CSC1CCCCC1N=C(N)Nc1ccccc1. The highest BCUT2D eigenvalue weighted by Crippen LogP contribution is 2.29. The predicted molar refractivity (Wildman–Crippen MR) is 81.2 cm³/mol. The topological polar surface area (TPSA) is 50.4 Å². The number of nitrogens with one attached hydrogen (secondary N) is 1. The minimum Gasteiger partial charge on any atom is -0.370 e. The normalized spacial score (nSPS) is 24.8. The number of nitrogens with two attached hydrogens (primary N) is 1. The Morgan fingerprint density at radius 2 is 2.00 bits per heavy atom. The zero-order chi connectivity index (χ0) is 12.8. The van der Waals surface area contributed by atoms with Crippen LogP contribution in [0.1, 0.15) is 25.7 Å². The van der Waals surface area contributed by atoms with Gasteiger partial charge in [0.1, 0.15) is 0 Å². The summed E-state index contributed by atoms with van der Waals surface area (Å²) in [7, 11) is 0. The molecule has 18 heavy (non-hydrogen) atoms. The number of anilines is 1. The summed E-state index contributed by atoms with van der Waals surface area (Å²) < 4.78 is 0. The van der Waals surface area contributed by atoms with Gasteiger partial charge in [0.25, 0.3) is 0 Å². The van der Waals surface area contributed by atoms with Gasteiger partial charge in [-0.15, -0.1) is 0 Å². The molecule has 1 aliphatic rings. The predicted octanol–water partition coefficient (Wildman–Crippen LogP) is 3.09. The van der Waals surface area contributed by atoms with Crippen LogP contribution in [-0.2, 0) is 0 Å². The maximum Gasteiger partial charge on any atom is 0.193 e. The lowest BCUT2D eigenvalue weighted by molar-refractivity contribution is 0.455. The van der Waals surface area contributed by atoms with Crippen LogP contribution in [0, 0.1) is 0 Å². The second kappa shape index (κ2) is 6.69. The third kappa shape index (κ3) is 3.67. The molecule has 1 saturated carbocycles. The molecule has 98 valence electrons. The van der Waals surface area contributed by atoms with Gasteiger partial charge in [-0.2, -0.15) is 11.8 Å². The molecule has 0 aromatic heterocycles. The van der Waals surface area contributed by atoms with E-state index >= 15 is 0 Å². The Hall–Kier alpha value is -1.16. The Morgan fingerprint density at radius 3 is 2.72 bits per heavy atom. The molecule has 1 aromatic carbocycles. The van der Waals surface area contributed by atoms with Crippen LogP contribution in [0.4, 0.5) is 5.69 Å². The monoisotopic (exact) mass is 263 g/mol. The van der Waals surface area contributed by atoms with E-state index < -0.39 is 0 Å². The van der Waals surface area contributed by atoms with E-state index in [0.29, 0.717) is 17.3 Å². The number of rotatable bonds is 3. The van der Waals surface area contributed by atoms with Crippen molar-refractivity contribution in [3.05, 3.63) is 30.3 Å². The van der Waals surface area contributed by atoms with Crippen molar-refractivity contribution in [2.24, 2.45) is 10.7 Å². The third-order valence-electron chi connectivity index (χ3n) is 3.32. The number of nitrogens with zero attached hydrogens (tertiary/aromatic N) is 1. The average molecular weight is 263 g/mol. The van der Waals surface area contributed by atoms with E-state index in [0.717, 1.165) is 12.1 Å². The van der Waals surface area contributed by atoms with E-state index in [1.807, 2.05) is 42.1 Å². The molecule has 0 aliphatic heterocycles. The molecule has 0 bridgehead atoms. The Balaban J connectivity index is 1.98. The van der Waals surface area contributed by atoms with Gasteiger partial charge in [-0.3, -0.25) is 0 Å². The smallest absolute Gasteiger partial charge is 0.193 e. The first-order valence-electron chi connectivity index (χ1n) is 6.47. The van der Waals surface area contributed by atoms with Crippen molar-refractivity contribution in [2.75, 3.05) is 11.6 Å². The standard InChI is InChI=1S/C14H21N3S/c1-18-13-10-6-5-9-12(13)17-14(15)16-11-7-3-2-4-8-11/h2-4,7-8,12-13H,5-6,9-10H2,1H3,(H3,15,16,17). The van der Waals surface area contributed by atoms with E-state index in [1.54, 1.807) is 0 Å². The van der Waals surface area contributed by atoms with E-state index in [9.17, 15) is 0 Å². The first kappa shape index (κ1) is 13.3. The number of hydrogen-bond donors (Lipinski definition) is 2. The van der Waals surface area contributed by atoms with Crippen molar-refractivity contribution in [1.29, 1.82) is 0 Å². The summed E-state index contributed by atoms with van der Waals surface area (Å²) in [6, 6.07) is 10.3. The van der Waals surface area contributed by atoms with Gasteiger partial charge in [0, 0.05) is 10.9 Å². The number of benzene rings is 1. The molecular weight excluding hydrogens is 242 g/mol. The van der Waals surface area contributed by atoms with Crippen LogP contribution in [0.3, 0.4) is 0 Å². The van der Waals surface area contributed by atoms with Crippen LogP contribution in [0.25, 0.3) is 0 Å². The van der Waals surface area contributed by atoms with Crippen LogP contribution in [0.5, 0.6) is 0 Å². The van der Waals surface area contributed by atoms with Crippen LogP contribution < -0.4 is 11.1 Å². The van der Waals surface area contributed by atoms with Crippen molar-refractivity contribution in [3.8, 4) is 0 Å². The molecular formula is C14H21N3S. The number of aliphatic imine (C=N–C) groups is 1. The maximum absolute atomic E-state index is 5.98. The molecule has 2 unspecified atom stereocenters. The molecule has 2 rings (SSSR count). The molecule has 4 heteroatoms. The Morgan fingerprint density at radius 1 is 1.28 bits per heavy atom. The van der Waals surface area contributed by atoms with Gasteiger partial charge in [-0.05, 0) is 31.2 Å². The van der Waals surface area contributed by atoms with Gasteiger partial charge in [0.15, 0.2) is 5.96 Å². The fraction of sp³-hybridized carbons (Fsp3) is 0.500. The highest BCUT2D eigenvalue weighted by Gasteiger charge is 2.23. The van der Waals surface area contributed by atoms with Gasteiger partial charge < -0.3 is 11.1 Å². The minimum absolute atomic E-state index is 0.366. The molecule has 1 aliphatic carbocycles. The van der Waals surface area contributed by atoms with Crippen molar-refractivity contribution >= 4 is 23.4 Å². The molecule has 1 aromatic rings. The summed E-state index contributed by atoms with van der Waals surface area (Å²) in [5.41, 5.74) is 6.98. The highest BCUT2D eigenvalue weighted by atomic mass is 32.2. The van der Waals surface area contributed by atoms with Crippen molar-refractivity contribution < 1.29 is 0 Å². The highest BCUT2D eigenvalue weighted by molar-refractivity contribution is 7.99. The summed E-state index contributed by atoms with van der Waals surface area (Å²) in [5.74, 6) is 0.534. The quantitative estimate of drug-likeness (QED) is 0.651. The van der Waals surface area contributed by atoms with Crippen LogP contribution in [0.15, 0.2) is 35.3 Å². The summed E-state index contributed by atoms with van der Waals surface area (Å²) >= 11 is 1.91. The van der Waals surface area contributed by atoms with Gasteiger partial charge in [-0.1, -0.05) is 31.0 Å². The molecule has 0 saturated heterocycles. The Bertz CT molecular complexity index is 391. The molecule has 0 radical (unpaired) electrons. The van der Waals surface area contributed by atoms with E-state index in [-0.39, 0.29) is 0 Å². The third-order valence-corrected chi connectivity index (χ3v) is 4.48. The second-order valence-electron chi connectivity index (χ2n) is 4.63. The largest absolute Gasteiger partial charge is 0.370 e. The van der Waals surface area contributed by atoms with E-state index in [1.165, 1.54) is 19.3 Å². The zero-order valence-corrected chi connectivity index (χ0v) is 11.6. The maximum atomic E-state index is 5.98. The lowest BCUT2D eigenvalue weighted by atomic mass is 9.95. The zero-order valence-electron chi connectivity index (χ0n) is 10.8. The minimum atomic E-state index is 0.366. The van der Waals surface area contributed by atoms with Crippen LogP contribution >= 0.6 is 11.8 Å². The molecule has 0 amide bonds. The lowest BCUT2D eigenvalue weighted by Crippen LogP contribution is -2.31. The number of para-hydroxylation sites is 1. The van der Waals surface area contributed by atoms with Crippen molar-refractivity contribution in [1.82, 2.24) is 0 Å². The fourth-order valence-corrected chi connectivity index (χ4v) is 3.29. The van der Waals surface area contributed by atoms with Gasteiger partial charge in [0.05, 0.1) is 6.04 Å². The fourth-order valence-electron chi connectivity index (χ4n) is 2.38. The molecule has 0 spiro atoms. The molecule has 3 nitrogen and oxygen atoms in total. The van der Waals surface area contributed by atoms with Crippen molar-refractivity contribution in [2.45, 2.75) is 37.0 Å².